The molecule has 5 rings (SSSR count). The number of rotatable bonds is 8. The van der Waals surface area contributed by atoms with Crippen LogP contribution in [-0.4, -0.2) is 59.6 Å². The maximum absolute atomic E-state index is 12.8. The molecule has 0 unspecified atom stereocenters. The van der Waals surface area contributed by atoms with Gasteiger partial charge in [0, 0.05) is 55.0 Å². The van der Waals surface area contributed by atoms with Crippen molar-refractivity contribution in [1.29, 1.82) is 0 Å². The molecular formula is C32H40N4O4. The van der Waals surface area contributed by atoms with E-state index in [-0.39, 0.29) is 41.9 Å². The fraction of sp³-hybridized carbons (Fsp3) is 0.500. The van der Waals surface area contributed by atoms with E-state index >= 15 is 0 Å². The average molecular weight is 545 g/mol. The molecule has 0 atom stereocenters. The summed E-state index contributed by atoms with van der Waals surface area (Å²) in [5, 5.41) is 5.88. The lowest BCUT2D eigenvalue weighted by atomic mass is 9.83. The Hall–Kier alpha value is -3.68. The van der Waals surface area contributed by atoms with Gasteiger partial charge in [-0.05, 0) is 80.5 Å². The van der Waals surface area contributed by atoms with Crippen molar-refractivity contribution in [3.05, 3.63) is 59.7 Å². The lowest BCUT2D eigenvalue weighted by Gasteiger charge is -2.36. The molecule has 0 bridgehead atoms. The quantitative estimate of drug-likeness (QED) is 0.496. The van der Waals surface area contributed by atoms with Gasteiger partial charge >= 0.3 is 0 Å². The minimum absolute atomic E-state index is 0.0152. The fourth-order valence-corrected chi connectivity index (χ4v) is 5.97. The Labute approximate surface area is 236 Å². The standard InChI is InChI=1S/C32H40N4O4/c1-35(28-7-2-3-8-28)31(39)25-11-15-26(16-12-25)33-29(37)21-22-9-13-27(14-10-22)34-30(38)23-17-19-36(20-18-23)32(40)24-5-4-6-24/h9-16,23-24,28H,2-8,17-21H2,1H3,(H,33,37)(H,34,38). The summed E-state index contributed by atoms with van der Waals surface area (Å²) >= 11 is 0. The summed E-state index contributed by atoms with van der Waals surface area (Å²) in [6.45, 7) is 1.30. The maximum atomic E-state index is 12.8. The van der Waals surface area contributed by atoms with Gasteiger partial charge in [0.1, 0.15) is 0 Å². The van der Waals surface area contributed by atoms with Crippen LogP contribution in [0.25, 0.3) is 0 Å². The summed E-state index contributed by atoms with van der Waals surface area (Å²) in [4.78, 5) is 54.4. The Balaban J connectivity index is 1.05. The molecule has 3 aliphatic rings. The third-order valence-corrected chi connectivity index (χ3v) is 8.83. The summed E-state index contributed by atoms with van der Waals surface area (Å²) in [7, 11) is 1.87. The summed E-state index contributed by atoms with van der Waals surface area (Å²) in [5.74, 6) is 0.219. The molecule has 0 aromatic heterocycles. The Morgan fingerprint density at radius 2 is 1.35 bits per heavy atom. The molecule has 0 spiro atoms. The molecule has 1 heterocycles. The molecule has 2 N–H and O–H groups in total. The summed E-state index contributed by atoms with van der Waals surface area (Å²) < 4.78 is 0. The number of piperidine rings is 1. The minimum Gasteiger partial charge on any atom is -0.342 e. The van der Waals surface area contributed by atoms with Crippen molar-refractivity contribution in [3.8, 4) is 0 Å². The molecule has 3 fully saturated rings. The molecule has 2 saturated carbocycles. The van der Waals surface area contributed by atoms with Gasteiger partial charge in [0.05, 0.1) is 6.42 Å². The van der Waals surface area contributed by atoms with Gasteiger partial charge in [-0.3, -0.25) is 19.2 Å². The first-order valence-electron chi connectivity index (χ1n) is 14.7. The Bertz CT molecular complexity index is 1210. The zero-order valence-electron chi connectivity index (χ0n) is 23.4. The summed E-state index contributed by atoms with van der Waals surface area (Å²) in [6, 6.07) is 14.7. The lowest BCUT2D eigenvalue weighted by molar-refractivity contribution is -0.140. The highest BCUT2D eigenvalue weighted by Crippen LogP contribution is 2.30. The van der Waals surface area contributed by atoms with E-state index in [0.717, 1.165) is 37.7 Å². The van der Waals surface area contributed by atoms with Gasteiger partial charge in [-0.1, -0.05) is 31.4 Å². The lowest BCUT2D eigenvalue weighted by Crippen LogP contribution is -2.45. The van der Waals surface area contributed by atoms with Crippen LogP contribution < -0.4 is 10.6 Å². The first-order chi connectivity index (χ1) is 19.4. The van der Waals surface area contributed by atoms with Crippen molar-refractivity contribution in [3.63, 3.8) is 0 Å². The molecular weight excluding hydrogens is 504 g/mol. The number of anilines is 2. The SMILES string of the molecule is CN(C(=O)c1ccc(NC(=O)Cc2ccc(NC(=O)C3CCN(C(=O)C4CCC4)CC3)cc2)cc1)C1CCCC1. The van der Waals surface area contributed by atoms with E-state index in [1.165, 1.54) is 12.8 Å². The predicted molar refractivity (Wildman–Crippen MR) is 155 cm³/mol. The van der Waals surface area contributed by atoms with Crippen molar-refractivity contribution in [2.45, 2.75) is 70.3 Å². The highest BCUT2D eigenvalue weighted by Gasteiger charge is 2.33. The van der Waals surface area contributed by atoms with Crippen LogP contribution in [0, 0.1) is 11.8 Å². The van der Waals surface area contributed by atoms with E-state index in [9.17, 15) is 19.2 Å². The number of likely N-dealkylation sites (tertiary alicyclic amines) is 1. The van der Waals surface area contributed by atoms with Crippen LogP contribution in [0.1, 0.15) is 73.7 Å². The van der Waals surface area contributed by atoms with Crippen molar-refractivity contribution in [2.24, 2.45) is 11.8 Å². The van der Waals surface area contributed by atoms with Gasteiger partial charge in [-0.25, -0.2) is 0 Å². The van der Waals surface area contributed by atoms with E-state index in [1.54, 1.807) is 24.3 Å². The second-order valence-electron chi connectivity index (χ2n) is 11.6. The number of hydrogen-bond donors (Lipinski definition) is 2. The highest BCUT2D eigenvalue weighted by molar-refractivity contribution is 5.96. The molecule has 8 heteroatoms. The topological polar surface area (TPSA) is 98.8 Å². The van der Waals surface area contributed by atoms with Crippen molar-refractivity contribution in [2.75, 3.05) is 30.8 Å². The van der Waals surface area contributed by atoms with Gasteiger partial charge in [0.15, 0.2) is 0 Å². The monoisotopic (exact) mass is 544 g/mol. The number of nitrogens with one attached hydrogen (secondary N) is 2. The second-order valence-corrected chi connectivity index (χ2v) is 11.6. The van der Waals surface area contributed by atoms with Crippen LogP contribution >= 0.6 is 0 Å². The number of benzene rings is 2. The highest BCUT2D eigenvalue weighted by atomic mass is 16.2. The van der Waals surface area contributed by atoms with E-state index in [0.29, 0.717) is 48.9 Å². The van der Waals surface area contributed by atoms with Crippen LogP contribution in [0.3, 0.4) is 0 Å². The maximum Gasteiger partial charge on any atom is 0.253 e. The Kier molecular flexibility index (Phi) is 8.82. The first-order valence-corrected chi connectivity index (χ1v) is 14.7. The van der Waals surface area contributed by atoms with Crippen LogP contribution in [-0.2, 0) is 20.8 Å². The van der Waals surface area contributed by atoms with Gasteiger partial charge < -0.3 is 20.4 Å². The normalized spacial score (nSPS) is 18.2. The van der Waals surface area contributed by atoms with E-state index < -0.39 is 0 Å². The molecule has 1 aliphatic heterocycles. The predicted octanol–water partition coefficient (Wildman–Crippen LogP) is 4.86. The molecule has 1 saturated heterocycles. The van der Waals surface area contributed by atoms with Crippen molar-refractivity contribution >= 4 is 35.0 Å². The molecule has 2 aromatic rings. The molecule has 4 amide bonds. The number of nitrogens with zero attached hydrogens (tertiary/aromatic N) is 2. The van der Waals surface area contributed by atoms with Crippen LogP contribution in [0.15, 0.2) is 48.5 Å². The van der Waals surface area contributed by atoms with Crippen molar-refractivity contribution in [1.82, 2.24) is 9.80 Å². The number of carbonyl (C=O) groups is 4. The molecule has 2 aromatic carbocycles. The first kappa shape index (κ1) is 27.9. The van der Waals surface area contributed by atoms with Gasteiger partial charge in [0.2, 0.25) is 17.7 Å². The number of carbonyl (C=O) groups excluding carboxylic acids is 4. The zero-order chi connectivity index (χ0) is 28.1. The number of amides is 4. The Morgan fingerprint density at radius 3 is 1.95 bits per heavy atom. The van der Waals surface area contributed by atoms with Gasteiger partial charge in [-0.15, -0.1) is 0 Å². The summed E-state index contributed by atoms with van der Waals surface area (Å²) in [6.07, 6.45) is 9.21. The van der Waals surface area contributed by atoms with E-state index in [2.05, 4.69) is 10.6 Å². The molecule has 8 nitrogen and oxygen atoms in total. The van der Waals surface area contributed by atoms with Crippen LogP contribution in [0.5, 0.6) is 0 Å². The molecule has 2 aliphatic carbocycles. The Morgan fingerprint density at radius 1 is 0.750 bits per heavy atom. The molecule has 212 valence electrons. The second kappa shape index (κ2) is 12.7. The minimum atomic E-state index is -0.151. The number of hydrogen-bond acceptors (Lipinski definition) is 4. The third kappa shape index (κ3) is 6.72. The fourth-order valence-electron chi connectivity index (χ4n) is 5.97. The molecule has 40 heavy (non-hydrogen) atoms. The zero-order valence-corrected chi connectivity index (χ0v) is 23.4. The van der Waals surface area contributed by atoms with Gasteiger partial charge in [-0.2, -0.15) is 0 Å². The largest absolute Gasteiger partial charge is 0.342 e. The van der Waals surface area contributed by atoms with Crippen LogP contribution in [0.4, 0.5) is 11.4 Å². The van der Waals surface area contributed by atoms with Crippen LogP contribution in [0.2, 0.25) is 0 Å². The van der Waals surface area contributed by atoms with E-state index in [4.69, 9.17) is 0 Å². The van der Waals surface area contributed by atoms with Gasteiger partial charge in [0.25, 0.3) is 5.91 Å². The third-order valence-electron chi connectivity index (χ3n) is 8.83. The average Bonchev–Trinajstić information content (AvgIpc) is 3.48. The summed E-state index contributed by atoms with van der Waals surface area (Å²) in [5.41, 5.74) is 2.81. The van der Waals surface area contributed by atoms with Crippen molar-refractivity contribution < 1.29 is 19.2 Å². The van der Waals surface area contributed by atoms with E-state index in [1.807, 2.05) is 41.1 Å². The smallest absolute Gasteiger partial charge is 0.253 e. The molecule has 0 radical (unpaired) electrons.